The lowest BCUT2D eigenvalue weighted by Crippen LogP contribution is -2.43. The Hall–Kier alpha value is -3.21. The fraction of sp³-hybridized carbons (Fsp3) is 0.364. The van der Waals surface area contributed by atoms with E-state index in [0.717, 1.165) is 18.7 Å². The molecule has 0 saturated heterocycles. The van der Waals surface area contributed by atoms with E-state index in [-0.39, 0.29) is 29.1 Å². The van der Waals surface area contributed by atoms with Gasteiger partial charge in [0.2, 0.25) is 0 Å². The second kappa shape index (κ2) is 9.74. The van der Waals surface area contributed by atoms with Crippen LogP contribution in [-0.2, 0) is 6.42 Å². The molecule has 4 N–H and O–H groups in total. The van der Waals surface area contributed by atoms with E-state index >= 15 is 0 Å². The van der Waals surface area contributed by atoms with Crippen LogP contribution in [0.15, 0.2) is 43.4 Å². The van der Waals surface area contributed by atoms with Gasteiger partial charge >= 0.3 is 6.18 Å². The second-order valence-electron chi connectivity index (χ2n) is 7.76. The van der Waals surface area contributed by atoms with Gasteiger partial charge in [-0.15, -0.1) is 0 Å². The number of nitrogens with one attached hydrogen (secondary N) is 2. The van der Waals surface area contributed by atoms with Crippen molar-refractivity contribution in [2.75, 3.05) is 16.8 Å². The first-order valence-corrected chi connectivity index (χ1v) is 10.3. The number of rotatable bonds is 8. The largest absolute Gasteiger partial charge is 0.408 e. The zero-order valence-corrected chi connectivity index (χ0v) is 18.0. The summed E-state index contributed by atoms with van der Waals surface area (Å²) in [6.07, 6.45) is -1.64. The van der Waals surface area contributed by atoms with E-state index in [0.29, 0.717) is 37.7 Å². The van der Waals surface area contributed by atoms with Gasteiger partial charge in [0.25, 0.3) is 0 Å². The third-order valence-electron chi connectivity index (χ3n) is 5.35. The van der Waals surface area contributed by atoms with E-state index in [4.69, 9.17) is 5.73 Å². The van der Waals surface area contributed by atoms with E-state index in [1.54, 1.807) is 17.0 Å². The topological polar surface area (TPSA) is 79.1 Å². The smallest absolute Gasteiger partial charge is 0.373 e. The van der Waals surface area contributed by atoms with Gasteiger partial charge in [-0.3, -0.25) is 0 Å². The Morgan fingerprint density at radius 3 is 2.67 bits per heavy atom. The van der Waals surface area contributed by atoms with Crippen molar-refractivity contribution in [3.63, 3.8) is 0 Å². The SMILES string of the molecule is C=C(N[C@H](C)C(F)(F)F)c1ccc2c(n1)N(C(=C)Nc1ncc(F)cc1F)[C@@H](CCN)CC2. The molecule has 33 heavy (non-hydrogen) atoms. The number of halogens is 5. The van der Waals surface area contributed by atoms with Crippen LogP contribution in [0.4, 0.5) is 33.6 Å². The number of alkyl halides is 3. The molecule has 0 spiro atoms. The molecule has 11 heteroatoms. The third kappa shape index (κ3) is 5.59. The van der Waals surface area contributed by atoms with Crippen LogP contribution in [0.25, 0.3) is 5.70 Å². The standard InChI is InChI=1S/C22H25F5N6/c1-12(30-13(2)22(25,26)27)19-7-5-15-4-6-17(8-9-28)33(21(15)32-19)14(3)31-20-18(24)10-16(23)11-29-20/h5,7,10-11,13,17,30H,1,3-4,6,8-9,28H2,2H3,(H,29,31)/t13-,17-/m1/s1. The molecule has 3 rings (SSSR count). The molecule has 0 unspecified atom stereocenters. The van der Waals surface area contributed by atoms with Crippen molar-refractivity contribution in [1.82, 2.24) is 15.3 Å². The number of hydrogen-bond acceptors (Lipinski definition) is 6. The highest BCUT2D eigenvalue weighted by molar-refractivity contribution is 5.65. The van der Waals surface area contributed by atoms with Gasteiger partial charge in [-0.25, -0.2) is 18.7 Å². The molecule has 6 nitrogen and oxygen atoms in total. The molecule has 0 radical (unpaired) electrons. The third-order valence-corrected chi connectivity index (χ3v) is 5.35. The average Bonchev–Trinajstić information content (AvgIpc) is 2.74. The molecule has 3 heterocycles. The number of nitrogens with two attached hydrogens (primary N) is 1. The van der Waals surface area contributed by atoms with Crippen molar-refractivity contribution in [3.8, 4) is 0 Å². The van der Waals surface area contributed by atoms with Crippen LogP contribution in [0.5, 0.6) is 0 Å². The molecule has 0 saturated carbocycles. The molecule has 0 amide bonds. The van der Waals surface area contributed by atoms with Gasteiger partial charge in [-0.05, 0) is 44.4 Å². The Kier molecular flexibility index (Phi) is 7.21. The maximum absolute atomic E-state index is 14.1. The summed E-state index contributed by atoms with van der Waals surface area (Å²) in [5, 5.41) is 5.07. The number of hydrogen-bond donors (Lipinski definition) is 3. The maximum Gasteiger partial charge on any atom is 0.408 e. The molecule has 0 aromatic carbocycles. The molecular weight excluding hydrogens is 443 g/mol. The summed E-state index contributed by atoms with van der Waals surface area (Å²) < 4.78 is 66.2. The van der Waals surface area contributed by atoms with Crippen molar-refractivity contribution in [2.45, 2.75) is 44.4 Å². The first-order valence-electron chi connectivity index (χ1n) is 10.3. The van der Waals surface area contributed by atoms with Crippen LogP contribution >= 0.6 is 0 Å². The summed E-state index contributed by atoms with van der Waals surface area (Å²) >= 11 is 0. The number of anilines is 2. The summed E-state index contributed by atoms with van der Waals surface area (Å²) in [6, 6.07) is 2.09. The molecule has 1 aliphatic heterocycles. The highest BCUT2D eigenvalue weighted by Crippen LogP contribution is 2.34. The zero-order valence-electron chi connectivity index (χ0n) is 18.0. The first-order chi connectivity index (χ1) is 15.5. The molecule has 178 valence electrons. The molecule has 1 aliphatic rings. The minimum Gasteiger partial charge on any atom is -0.373 e. The van der Waals surface area contributed by atoms with E-state index in [2.05, 4.69) is 33.8 Å². The van der Waals surface area contributed by atoms with Crippen LogP contribution in [0.2, 0.25) is 0 Å². The van der Waals surface area contributed by atoms with Crippen LogP contribution in [-0.4, -0.2) is 34.8 Å². The summed E-state index contributed by atoms with van der Waals surface area (Å²) in [5.74, 6) is -1.28. The summed E-state index contributed by atoms with van der Waals surface area (Å²) in [5.41, 5.74) is 6.83. The number of aryl methyl sites for hydroxylation is 1. The van der Waals surface area contributed by atoms with E-state index in [1.807, 2.05) is 0 Å². The maximum atomic E-state index is 14.1. The Morgan fingerprint density at radius 1 is 1.30 bits per heavy atom. The van der Waals surface area contributed by atoms with E-state index < -0.39 is 23.9 Å². The molecule has 2 atom stereocenters. The van der Waals surface area contributed by atoms with Crippen molar-refractivity contribution in [1.29, 1.82) is 0 Å². The van der Waals surface area contributed by atoms with Gasteiger partial charge in [-0.2, -0.15) is 13.2 Å². The predicted molar refractivity (Wildman–Crippen MR) is 117 cm³/mol. The number of pyridine rings is 2. The highest BCUT2D eigenvalue weighted by atomic mass is 19.4. The Morgan fingerprint density at radius 2 is 2.03 bits per heavy atom. The lowest BCUT2D eigenvalue weighted by Gasteiger charge is -2.39. The van der Waals surface area contributed by atoms with Crippen LogP contribution in [0.1, 0.15) is 31.0 Å². The monoisotopic (exact) mass is 468 g/mol. The van der Waals surface area contributed by atoms with Crippen molar-refractivity contribution in [3.05, 3.63) is 66.3 Å². The molecule has 0 aliphatic carbocycles. The molecule has 2 aromatic heterocycles. The summed E-state index contributed by atoms with van der Waals surface area (Å²) in [4.78, 5) is 9.98. The van der Waals surface area contributed by atoms with Crippen molar-refractivity contribution in [2.24, 2.45) is 5.73 Å². The fourth-order valence-electron chi connectivity index (χ4n) is 3.61. The second-order valence-corrected chi connectivity index (χ2v) is 7.76. The Labute approximate surface area is 188 Å². The van der Waals surface area contributed by atoms with Crippen molar-refractivity contribution < 1.29 is 22.0 Å². The van der Waals surface area contributed by atoms with E-state index in [1.165, 1.54) is 0 Å². The van der Waals surface area contributed by atoms with Gasteiger partial charge in [0.05, 0.1) is 17.6 Å². The Balaban J connectivity index is 1.93. The van der Waals surface area contributed by atoms with Crippen LogP contribution < -0.4 is 21.3 Å². The Bertz CT molecular complexity index is 1040. The normalized spacial score (nSPS) is 16.7. The lowest BCUT2D eigenvalue weighted by atomic mass is 9.96. The molecule has 0 bridgehead atoms. The van der Waals surface area contributed by atoms with E-state index in [9.17, 15) is 22.0 Å². The minimum absolute atomic E-state index is 0.00772. The number of nitrogens with zero attached hydrogens (tertiary/aromatic N) is 3. The van der Waals surface area contributed by atoms with Gasteiger partial charge in [0.1, 0.15) is 23.5 Å². The van der Waals surface area contributed by atoms with Gasteiger partial charge in [-0.1, -0.05) is 19.2 Å². The quantitative estimate of drug-likeness (QED) is 0.501. The summed E-state index contributed by atoms with van der Waals surface area (Å²) in [6.45, 7) is 9.02. The fourth-order valence-corrected chi connectivity index (χ4v) is 3.61. The van der Waals surface area contributed by atoms with Crippen LogP contribution in [0, 0.1) is 11.6 Å². The first kappa shape index (κ1) is 24.4. The molecular formula is C22H25F5N6. The number of fused-ring (bicyclic) bond motifs is 1. The highest BCUT2D eigenvalue weighted by Gasteiger charge is 2.36. The van der Waals surface area contributed by atoms with Gasteiger partial charge in [0, 0.05) is 12.1 Å². The lowest BCUT2D eigenvalue weighted by molar-refractivity contribution is -0.148. The van der Waals surface area contributed by atoms with Gasteiger partial charge < -0.3 is 21.3 Å². The van der Waals surface area contributed by atoms with Gasteiger partial charge in [0.15, 0.2) is 11.6 Å². The average molecular weight is 468 g/mol. The minimum atomic E-state index is -4.44. The summed E-state index contributed by atoms with van der Waals surface area (Å²) in [7, 11) is 0. The predicted octanol–water partition coefficient (Wildman–Crippen LogP) is 4.32. The number of aromatic nitrogens is 2. The van der Waals surface area contributed by atoms with Crippen LogP contribution in [0.3, 0.4) is 0 Å². The molecule has 0 fully saturated rings. The molecule has 2 aromatic rings. The van der Waals surface area contributed by atoms with Crippen molar-refractivity contribution >= 4 is 17.3 Å². The zero-order chi connectivity index (χ0) is 24.3.